The fraction of sp³-hybridized carbons (Fsp3) is 0.238. The van der Waals surface area contributed by atoms with Crippen molar-refractivity contribution in [3.63, 3.8) is 0 Å². The van der Waals surface area contributed by atoms with Crippen LogP contribution in [0.1, 0.15) is 24.5 Å². The van der Waals surface area contributed by atoms with Gasteiger partial charge < -0.3 is 14.8 Å². The fourth-order valence-electron chi connectivity index (χ4n) is 2.39. The van der Waals surface area contributed by atoms with Crippen LogP contribution in [0.2, 0.25) is 0 Å². The third kappa shape index (κ3) is 7.45. The summed E-state index contributed by atoms with van der Waals surface area (Å²) < 4.78 is 9.78. The van der Waals surface area contributed by atoms with Crippen LogP contribution in [-0.4, -0.2) is 37.7 Å². The number of anilines is 1. The third-order valence-electron chi connectivity index (χ3n) is 3.84. The number of nitrogens with zero attached hydrogens (tertiary/aromatic N) is 1. The number of amides is 2. The van der Waals surface area contributed by atoms with Crippen LogP contribution in [0.15, 0.2) is 53.6 Å². The summed E-state index contributed by atoms with van der Waals surface area (Å²) in [5, 5.41) is 6.57. The summed E-state index contributed by atoms with van der Waals surface area (Å²) in [6.45, 7) is 1.78. The standard InChI is InChI=1S/C21H23N3O5/c1-3-16-8-4-5-10-18(16)23-19(25)12-20(26)24-22-13-15-7-6-9-17(11-15)29-14-21(27)28-2/h4-11,13H,3,12,14H2,1-2H3,(H,23,25)(H,24,26). The first-order valence-corrected chi connectivity index (χ1v) is 9.01. The Balaban J connectivity index is 1.83. The molecule has 8 heteroatoms. The van der Waals surface area contributed by atoms with Gasteiger partial charge in [-0.3, -0.25) is 9.59 Å². The second kappa shape index (κ2) is 11.2. The van der Waals surface area contributed by atoms with E-state index in [1.807, 2.05) is 25.1 Å². The molecule has 29 heavy (non-hydrogen) atoms. The zero-order chi connectivity index (χ0) is 21.1. The van der Waals surface area contributed by atoms with E-state index in [4.69, 9.17) is 4.74 Å². The second-order valence-corrected chi connectivity index (χ2v) is 5.97. The highest BCUT2D eigenvalue weighted by Crippen LogP contribution is 2.15. The van der Waals surface area contributed by atoms with Crippen molar-refractivity contribution in [1.82, 2.24) is 5.43 Å². The molecular weight excluding hydrogens is 374 g/mol. The van der Waals surface area contributed by atoms with E-state index in [0.29, 0.717) is 17.0 Å². The number of hydrazone groups is 1. The molecule has 0 bridgehead atoms. The highest BCUT2D eigenvalue weighted by Gasteiger charge is 2.10. The van der Waals surface area contributed by atoms with Gasteiger partial charge in [-0.25, -0.2) is 10.2 Å². The molecule has 0 fully saturated rings. The number of aryl methyl sites for hydroxylation is 1. The molecule has 8 nitrogen and oxygen atoms in total. The number of carbonyl (C=O) groups is 3. The summed E-state index contributed by atoms with van der Waals surface area (Å²) in [4.78, 5) is 35.0. The van der Waals surface area contributed by atoms with E-state index >= 15 is 0 Å². The lowest BCUT2D eigenvalue weighted by atomic mass is 10.1. The minimum atomic E-state index is -0.536. The second-order valence-electron chi connectivity index (χ2n) is 5.97. The van der Waals surface area contributed by atoms with Gasteiger partial charge >= 0.3 is 5.97 Å². The van der Waals surface area contributed by atoms with Crippen molar-refractivity contribution in [1.29, 1.82) is 0 Å². The molecule has 2 amide bonds. The van der Waals surface area contributed by atoms with Gasteiger partial charge in [0.25, 0.3) is 0 Å². The highest BCUT2D eigenvalue weighted by atomic mass is 16.6. The van der Waals surface area contributed by atoms with Crippen molar-refractivity contribution in [2.45, 2.75) is 19.8 Å². The SMILES string of the molecule is CCc1ccccc1NC(=O)CC(=O)NN=Cc1cccc(OCC(=O)OC)c1. The quantitative estimate of drug-likeness (QED) is 0.292. The lowest BCUT2D eigenvalue weighted by Gasteiger charge is -2.09. The molecule has 2 aromatic carbocycles. The topological polar surface area (TPSA) is 106 Å². The van der Waals surface area contributed by atoms with Gasteiger partial charge in [0.05, 0.1) is 13.3 Å². The molecule has 2 N–H and O–H groups in total. The molecule has 0 aliphatic heterocycles. The number of benzene rings is 2. The number of esters is 1. The average molecular weight is 397 g/mol. The maximum Gasteiger partial charge on any atom is 0.343 e. The van der Waals surface area contributed by atoms with Gasteiger partial charge in [0.2, 0.25) is 11.8 Å². The number of carbonyl (C=O) groups excluding carboxylic acids is 3. The lowest BCUT2D eigenvalue weighted by molar-refractivity contribution is -0.143. The maximum absolute atomic E-state index is 12.0. The molecule has 0 atom stereocenters. The van der Waals surface area contributed by atoms with E-state index in [1.54, 1.807) is 30.3 Å². The van der Waals surface area contributed by atoms with Gasteiger partial charge in [0.15, 0.2) is 6.61 Å². The Labute approximate surface area is 168 Å². The van der Waals surface area contributed by atoms with Crippen molar-refractivity contribution in [2.75, 3.05) is 19.0 Å². The first-order valence-electron chi connectivity index (χ1n) is 9.01. The summed E-state index contributed by atoms with van der Waals surface area (Å²) in [6.07, 6.45) is 1.83. The highest BCUT2D eigenvalue weighted by molar-refractivity contribution is 6.04. The molecular formula is C21H23N3O5. The normalized spacial score (nSPS) is 10.4. The van der Waals surface area contributed by atoms with Crippen molar-refractivity contribution in [3.8, 4) is 5.75 Å². The van der Waals surface area contributed by atoms with E-state index in [2.05, 4.69) is 20.6 Å². The largest absolute Gasteiger partial charge is 0.482 e. The number of para-hydroxylation sites is 1. The molecule has 2 rings (SSSR count). The van der Waals surface area contributed by atoms with Crippen LogP contribution in [0, 0.1) is 0 Å². The van der Waals surface area contributed by atoms with Gasteiger partial charge in [-0.1, -0.05) is 37.3 Å². The minimum Gasteiger partial charge on any atom is -0.482 e. The third-order valence-corrected chi connectivity index (χ3v) is 3.84. The summed E-state index contributed by atoms with van der Waals surface area (Å²) in [7, 11) is 1.28. The molecule has 0 spiro atoms. The monoisotopic (exact) mass is 397 g/mol. The van der Waals surface area contributed by atoms with Crippen LogP contribution in [0.3, 0.4) is 0 Å². The summed E-state index contributed by atoms with van der Waals surface area (Å²) in [5.41, 5.74) is 4.65. The molecule has 0 aliphatic rings. The number of hydrogen-bond donors (Lipinski definition) is 2. The number of methoxy groups -OCH3 is 1. The number of rotatable bonds is 9. The lowest BCUT2D eigenvalue weighted by Crippen LogP contribution is -2.25. The Hall–Kier alpha value is -3.68. The van der Waals surface area contributed by atoms with Crippen LogP contribution < -0.4 is 15.5 Å². The molecule has 0 radical (unpaired) electrons. The molecule has 0 aromatic heterocycles. The molecule has 2 aromatic rings. The zero-order valence-electron chi connectivity index (χ0n) is 16.3. The van der Waals surface area contributed by atoms with E-state index in [1.165, 1.54) is 13.3 Å². The first-order chi connectivity index (χ1) is 14.0. The molecule has 0 heterocycles. The molecule has 152 valence electrons. The van der Waals surface area contributed by atoms with E-state index < -0.39 is 17.8 Å². The number of hydrogen-bond acceptors (Lipinski definition) is 6. The zero-order valence-corrected chi connectivity index (χ0v) is 16.3. The van der Waals surface area contributed by atoms with Crippen LogP contribution in [0.5, 0.6) is 5.75 Å². The Bertz CT molecular complexity index is 895. The number of ether oxygens (including phenoxy) is 2. The fourth-order valence-corrected chi connectivity index (χ4v) is 2.39. The van der Waals surface area contributed by atoms with Crippen LogP contribution in [0.4, 0.5) is 5.69 Å². The van der Waals surface area contributed by atoms with Crippen molar-refractivity contribution < 1.29 is 23.9 Å². The Morgan fingerprint density at radius 2 is 1.86 bits per heavy atom. The Morgan fingerprint density at radius 1 is 1.07 bits per heavy atom. The molecule has 0 unspecified atom stereocenters. The molecule has 0 aliphatic carbocycles. The van der Waals surface area contributed by atoms with Crippen molar-refractivity contribution in [3.05, 3.63) is 59.7 Å². The van der Waals surface area contributed by atoms with Crippen molar-refractivity contribution in [2.24, 2.45) is 5.10 Å². The summed E-state index contributed by atoms with van der Waals surface area (Å²) in [5.74, 6) is -0.988. The van der Waals surface area contributed by atoms with Gasteiger partial charge in [-0.05, 0) is 35.7 Å². The summed E-state index contributed by atoms with van der Waals surface area (Å²) >= 11 is 0. The first kappa shape index (κ1) is 21.6. The number of nitrogens with one attached hydrogen (secondary N) is 2. The van der Waals surface area contributed by atoms with E-state index in [9.17, 15) is 14.4 Å². The Kier molecular flexibility index (Phi) is 8.37. The predicted molar refractivity (Wildman–Crippen MR) is 109 cm³/mol. The average Bonchev–Trinajstić information content (AvgIpc) is 2.72. The molecule has 0 saturated heterocycles. The van der Waals surface area contributed by atoms with E-state index in [-0.39, 0.29) is 13.0 Å². The predicted octanol–water partition coefficient (Wildman–Crippen LogP) is 2.28. The smallest absolute Gasteiger partial charge is 0.343 e. The van der Waals surface area contributed by atoms with Crippen LogP contribution in [0.25, 0.3) is 0 Å². The van der Waals surface area contributed by atoms with Crippen molar-refractivity contribution >= 4 is 29.7 Å². The van der Waals surface area contributed by atoms with Gasteiger partial charge in [-0.2, -0.15) is 5.10 Å². The van der Waals surface area contributed by atoms with Crippen LogP contribution in [-0.2, 0) is 25.5 Å². The van der Waals surface area contributed by atoms with Gasteiger partial charge in [0, 0.05) is 5.69 Å². The van der Waals surface area contributed by atoms with Gasteiger partial charge in [0.1, 0.15) is 12.2 Å². The molecule has 0 saturated carbocycles. The van der Waals surface area contributed by atoms with E-state index in [0.717, 1.165) is 12.0 Å². The summed E-state index contributed by atoms with van der Waals surface area (Å²) in [6, 6.07) is 14.2. The van der Waals surface area contributed by atoms with Gasteiger partial charge in [-0.15, -0.1) is 0 Å². The Morgan fingerprint density at radius 3 is 2.62 bits per heavy atom. The maximum atomic E-state index is 12.0. The van der Waals surface area contributed by atoms with Crippen LogP contribution >= 0.6 is 0 Å². The minimum absolute atomic E-state index is 0.204.